The fourth-order valence-electron chi connectivity index (χ4n) is 2.58. The Bertz CT molecular complexity index is 339. The number of hydrogen-bond donors (Lipinski definition) is 2. The van der Waals surface area contributed by atoms with Crippen molar-refractivity contribution in [2.24, 2.45) is 5.73 Å². The molecule has 0 unspecified atom stereocenters. The Labute approximate surface area is 102 Å². The third kappa shape index (κ3) is 2.66. The van der Waals surface area contributed by atoms with E-state index in [1.165, 1.54) is 19.3 Å². The molecule has 0 aromatic carbocycles. The quantitative estimate of drug-likeness (QED) is 0.815. The molecular formula is C12H22N4O. The van der Waals surface area contributed by atoms with Crippen molar-refractivity contribution in [3.63, 3.8) is 0 Å². The third-order valence-corrected chi connectivity index (χ3v) is 3.40. The first-order valence-corrected chi connectivity index (χ1v) is 6.56. The number of H-pyrrole nitrogens is 1. The molecule has 1 saturated carbocycles. The summed E-state index contributed by atoms with van der Waals surface area (Å²) in [4.78, 5) is 4.54. The lowest BCUT2D eigenvalue weighted by Gasteiger charge is -2.34. The molecule has 1 aromatic rings. The van der Waals surface area contributed by atoms with Crippen molar-refractivity contribution >= 4 is 0 Å². The summed E-state index contributed by atoms with van der Waals surface area (Å²) < 4.78 is 5.97. The lowest BCUT2D eigenvalue weighted by Crippen LogP contribution is -2.33. The summed E-state index contributed by atoms with van der Waals surface area (Å²) in [7, 11) is 0. The standard InChI is InChI=1S/C12H22N4O/c1-2-17-12(7-4-3-5-8-12)11-14-10(6-9-13)15-16-11/h2-9,13H2,1H3,(H,14,15,16). The molecule has 17 heavy (non-hydrogen) atoms. The maximum Gasteiger partial charge on any atom is 0.182 e. The van der Waals surface area contributed by atoms with Gasteiger partial charge in [0.15, 0.2) is 5.82 Å². The van der Waals surface area contributed by atoms with Crippen LogP contribution in [0.15, 0.2) is 0 Å². The molecule has 0 saturated heterocycles. The van der Waals surface area contributed by atoms with E-state index in [4.69, 9.17) is 10.5 Å². The topological polar surface area (TPSA) is 76.8 Å². The van der Waals surface area contributed by atoms with Crippen LogP contribution in [0.3, 0.4) is 0 Å². The Balaban J connectivity index is 2.18. The monoisotopic (exact) mass is 238 g/mol. The second-order valence-corrected chi connectivity index (χ2v) is 4.63. The second-order valence-electron chi connectivity index (χ2n) is 4.63. The van der Waals surface area contributed by atoms with Gasteiger partial charge in [-0.2, -0.15) is 5.10 Å². The van der Waals surface area contributed by atoms with Crippen molar-refractivity contribution in [1.29, 1.82) is 0 Å². The Kier molecular flexibility index (Phi) is 4.12. The maximum absolute atomic E-state index is 5.97. The van der Waals surface area contributed by atoms with Gasteiger partial charge in [-0.05, 0) is 26.3 Å². The first kappa shape index (κ1) is 12.5. The van der Waals surface area contributed by atoms with E-state index in [0.29, 0.717) is 13.2 Å². The fraction of sp³-hybridized carbons (Fsp3) is 0.833. The zero-order valence-corrected chi connectivity index (χ0v) is 10.5. The van der Waals surface area contributed by atoms with Crippen LogP contribution >= 0.6 is 0 Å². The molecule has 3 N–H and O–H groups in total. The zero-order valence-electron chi connectivity index (χ0n) is 10.5. The largest absolute Gasteiger partial charge is 0.367 e. The van der Waals surface area contributed by atoms with Crippen molar-refractivity contribution in [1.82, 2.24) is 15.2 Å². The van der Waals surface area contributed by atoms with E-state index in [1.807, 2.05) is 6.92 Å². The Morgan fingerprint density at radius 1 is 1.35 bits per heavy atom. The minimum absolute atomic E-state index is 0.254. The Morgan fingerprint density at radius 3 is 2.76 bits per heavy atom. The zero-order chi connectivity index (χ0) is 12.1. The molecule has 5 heteroatoms. The minimum atomic E-state index is -0.254. The van der Waals surface area contributed by atoms with Crippen LogP contribution in [0.1, 0.15) is 50.7 Å². The first-order chi connectivity index (χ1) is 8.30. The van der Waals surface area contributed by atoms with E-state index in [1.54, 1.807) is 0 Å². The summed E-state index contributed by atoms with van der Waals surface area (Å²) in [5, 5.41) is 7.30. The Morgan fingerprint density at radius 2 is 2.12 bits per heavy atom. The highest BCUT2D eigenvalue weighted by Crippen LogP contribution is 2.38. The van der Waals surface area contributed by atoms with Crippen molar-refractivity contribution < 1.29 is 4.74 Å². The van der Waals surface area contributed by atoms with Crippen LogP contribution < -0.4 is 5.73 Å². The number of ether oxygens (including phenoxy) is 1. The fourth-order valence-corrected chi connectivity index (χ4v) is 2.58. The first-order valence-electron chi connectivity index (χ1n) is 6.56. The van der Waals surface area contributed by atoms with Crippen LogP contribution in [0.4, 0.5) is 0 Å². The minimum Gasteiger partial charge on any atom is -0.367 e. The molecule has 0 bridgehead atoms. The van der Waals surface area contributed by atoms with E-state index in [9.17, 15) is 0 Å². The molecule has 0 aliphatic heterocycles. The number of aromatic nitrogens is 3. The molecule has 0 atom stereocenters. The molecule has 0 amide bonds. The van der Waals surface area contributed by atoms with Gasteiger partial charge in [-0.1, -0.05) is 19.3 Å². The highest BCUT2D eigenvalue weighted by molar-refractivity contribution is 5.05. The van der Waals surface area contributed by atoms with Gasteiger partial charge in [0.2, 0.25) is 0 Å². The van der Waals surface area contributed by atoms with Crippen molar-refractivity contribution in [3.8, 4) is 0 Å². The summed E-state index contributed by atoms with van der Waals surface area (Å²) in [5.41, 5.74) is 5.27. The van der Waals surface area contributed by atoms with Crippen LogP contribution in [0, 0.1) is 0 Å². The highest BCUT2D eigenvalue weighted by atomic mass is 16.5. The van der Waals surface area contributed by atoms with Gasteiger partial charge in [0.1, 0.15) is 11.4 Å². The number of nitrogens with one attached hydrogen (secondary N) is 1. The molecule has 0 radical (unpaired) electrons. The van der Waals surface area contributed by atoms with Crippen LogP contribution in [0.25, 0.3) is 0 Å². The van der Waals surface area contributed by atoms with Crippen LogP contribution in [0.2, 0.25) is 0 Å². The summed E-state index contributed by atoms with van der Waals surface area (Å²) in [6.07, 6.45) is 6.48. The second kappa shape index (κ2) is 5.60. The molecule has 1 fully saturated rings. The lowest BCUT2D eigenvalue weighted by atomic mass is 9.84. The molecule has 1 heterocycles. The highest BCUT2D eigenvalue weighted by Gasteiger charge is 2.38. The summed E-state index contributed by atoms with van der Waals surface area (Å²) >= 11 is 0. The van der Waals surface area contributed by atoms with Gasteiger partial charge >= 0.3 is 0 Å². The molecule has 2 rings (SSSR count). The number of aromatic amines is 1. The number of rotatable bonds is 5. The van der Waals surface area contributed by atoms with Gasteiger partial charge in [0, 0.05) is 13.0 Å². The van der Waals surface area contributed by atoms with E-state index >= 15 is 0 Å². The summed E-state index contributed by atoms with van der Waals surface area (Å²) in [6.45, 7) is 3.33. The molecule has 0 spiro atoms. The van der Waals surface area contributed by atoms with E-state index in [-0.39, 0.29) is 5.60 Å². The molecule has 1 aliphatic rings. The van der Waals surface area contributed by atoms with Gasteiger partial charge in [0.05, 0.1) is 0 Å². The predicted molar refractivity (Wildman–Crippen MR) is 65.5 cm³/mol. The number of hydrogen-bond acceptors (Lipinski definition) is 4. The maximum atomic E-state index is 5.97. The average molecular weight is 238 g/mol. The average Bonchev–Trinajstić information content (AvgIpc) is 2.80. The molecular weight excluding hydrogens is 216 g/mol. The number of nitrogens with zero attached hydrogens (tertiary/aromatic N) is 2. The van der Waals surface area contributed by atoms with Gasteiger partial charge < -0.3 is 10.5 Å². The van der Waals surface area contributed by atoms with Crippen molar-refractivity contribution in [3.05, 3.63) is 11.6 Å². The Hall–Kier alpha value is -0.940. The molecule has 96 valence electrons. The smallest absolute Gasteiger partial charge is 0.182 e. The lowest BCUT2D eigenvalue weighted by molar-refractivity contribution is -0.0764. The van der Waals surface area contributed by atoms with Crippen molar-refractivity contribution in [2.75, 3.05) is 13.2 Å². The third-order valence-electron chi connectivity index (χ3n) is 3.40. The van der Waals surface area contributed by atoms with Crippen molar-refractivity contribution in [2.45, 2.75) is 51.0 Å². The summed E-state index contributed by atoms with van der Waals surface area (Å²) in [6, 6.07) is 0. The van der Waals surface area contributed by atoms with Crippen LogP contribution in [0.5, 0.6) is 0 Å². The van der Waals surface area contributed by atoms with Gasteiger partial charge in [0.25, 0.3) is 0 Å². The van der Waals surface area contributed by atoms with Gasteiger partial charge in [-0.3, -0.25) is 5.10 Å². The number of nitrogens with two attached hydrogens (primary N) is 1. The molecule has 1 aromatic heterocycles. The van der Waals surface area contributed by atoms with Gasteiger partial charge in [-0.15, -0.1) is 0 Å². The van der Waals surface area contributed by atoms with E-state index in [2.05, 4.69) is 15.2 Å². The summed E-state index contributed by atoms with van der Waals surface area (Å²) in [5.74, 6) is 1.69. The van der Waals surface area contributed by atoms with Crippen LogP contribution in [-0.2, 0) is 16.8 Å². The molecule has 5 nitrogen and oxygen atoms in total. The predicted octanol–water partition coefficient (Wildman–Crippen LogP) is 1.50. The van der Waals surface area contributed by atoms with E-state index < -0.39 is 0 Å². The SMILES string of the molecule is CCOC1(c2n[nH]c(CCN)n2)CCCCC1. The normalized spacial score (nSPS) is 19.4. The van der Waals surface area contributed by atoms with Gasteiger partial charge in [-0.25, -0.2) is 4.98 Å². The molecule has 1 aliphatic carbocycles. The van der Waals surface area contributed by atoms with E-state index in [0.717, 1.165) is 30.9 Å². The van der Waals surface area contributed by atoms with Crippen LogP contribution in [-0.4, -0.2) is 28.3 Å².